The highest BCUT2D eigenvalue weighted by molar-refractivity contribution is 4.75. The van der Waals surface area contributed by atoms with Gasteiger partial charge in [-0.3, -0.25) is 0 Å². The third-order valence-corrected chi connectivity index (χ3v) is 4.43. The van der Waals surface area contributed by atoms with Crippen LogP contribution in [-0.2, 0) is 0 Å². The van der Waals surface area contributed by atoms with Gasteiger partial charge in [0.05, 0.1) is 0 Å². The second-order valence-electron chi connectivity index (χ2n) is 6.12. The minimum Gasteiger partial charge on any atom is -0.330 e. The number of hydrogen-bond donors (Lipinski definition) is 1. The Balaban J connectivity index is 2.09. The van der Waals surface area contributed by atoms with Gasteiger partial charge in [0, 0.05) is 6.54 Å². The van der Waals surface area contributed by atoms with Gasteiger partial charge >= 0.3 is 0 Å². The van der Waals surface area contributed by atoms with Gasteiger partial charge < -0.3 is 10.6 Å². The molecule has 1 rings (SSSR count). The molecule has 0 aliphatic carbocycles. The molecular weight excluding hydrogens is 220 g/mol. The van der Waals surface area contributed by atoms with Gasteiger partial charge in [-0.25, -0.2) is 0 Å². The Labute approximate surface area is 114 Å². The smallest absolute Gasteiger partial charge is 0.00101 e. The molecule has 2 heteroatoms. The Morgan fingerprint density at radius 1 is 1.17 bits per heavy atom. The molecule has 1 heterocycles. The van der Waals surface area contributed by atoms with Crippen LogP contribution in [0.15, 0.2) is 0 Å². The maximum absolute atomic E-state index is 5.69. The molecular formula is C16H34N2. The van der Waals surface area contributed by atoms with E-state index >= 15 is 0 Å². The molecule has 1 aliphatic rings. The van der Waals surface area contributed by atoms with Crippen molar-refractivity contribution in [2.75, 3.05) is 26.2 Å². The summed E-state index contributed by atoms with van der Waals surface area (Å²) >= 11 is 0. The van der Waals surface area contributed by atoms with Crippen molar-refractivity contribution in [1.29, 1.82) is 0 Å². The van der Waals surface area contributed by atoms with Crippen LogP contribution in [0.2, 0.25) is 0 Å². The quantitative estimate of drug-likeness (QED) is 0.645. The number of hydrogen-bond acceptors (Lipinski definition) is 2. The van der Waals surface area contributed by atoms with E-state index in [1.54, 1.807) is 0 Å². The summed E-state index contributed by atoms with van der Waals surface area (Å²) in [7, 11) is 0. The lowest BCUT2D eigenvalue weighted by molar-refractivity contribution is 0.294. The monoisotopic (exact) mass is 254 g/mol. The minimum absolute atomic E-state index is 0.868. The topological polar surface area (TPSA) is 29.3 Å². The Morgan fingerprint density at radius 2 is 2.00 bits per heavy atom. The molecule has 0 radical (unpaired) electrons. The van der Waals surface area contributed by atoms with Crippen molar-refractivity contribution in [3.05, 3.63) is 0 Å². The average Bonchev–Trinajstić information content (AvgIpc) is 2.78. The van der Waals surface area contributed by atoms with Gasteiger partial charge in [-0.05, 0) is 63.6 Å². The van der Waals surface area contributed by atoms with Crippen LogP contribution < -0.4 is 5.73 Å². The predicted octanol–water partition coefficient (Wildman–Crippen LogP) is 3.65. The molecule has 2 atom stereocenters. The number of rotatable bonds is 10. The van der Waals surface area contributed by atoms with E-state index in [0.717, 1.165) is 18.4 Å². The van der Waals surface area contributed by atoms with Gasteiger partial charge in [0.25, 0.3) is 0 Å². The van der Waals surface area contributed by atoms with Crippen LogP contribution in [0.5, 0.6) is 0 Å². The van der Waals surface area contributed by atoms with Crippen molar-refractivity contribution in [2.24, 2.45) is 17.6 Å². The second-order valence-corrected chi connectivity index (χ2v) is 6.12. The van der Waals surface area contributed by atoms with Crippen LogP contribution in [-0.4, -0.2) is 31.1 Å². The SMILES string of the molecule is CCCC(CCN)CCCN1CCC(CCC)C1. The normalized spacial score (nSPS) is 22.5. The summed E-state index contributed by atoms with van der Waals surface area (Å²) < 4.78 is 0. The molecule has 0 aromatic heterocycles. The molecule has 0 saturated carbocycles. The molecule has 1 fully saturated rings. The van der Waals surface area contributed by atoms with Crippen LogP contribution in [0.25, 0.3) is 0 Å². The average molecular weight is 254 g/mol. The molecule has 0 bridgehead atoms. The van der Waals surface area contributed by atoms with Gasteiger partial charge in [0.1, 0.15) is 0 Å². The molecule has 18 heavy (non-hydrogen) atoms. The summed E-state index contributed by atoms with van der Waals surface area (Å²) in [5.74, 6) is 1.87. The summed E-state index contributed by atoms with van der Waals surface area (Å²) in [6.07, 6.45) is 10.9. The van der Waals surface area contributed by atoms with Gasteiger partial charge in [-0.1, -0.05) is 33.1 Å². The number of likely N-dealkylation sites (tertiary alicyclic amines) is 1. The molecule has 2 N–H and O–H groups in total. The summed E-state index contributed by atoms with van der Waals surface area (Å²) in [4.78, 5) is 2.69. The van der Waals surface area contributed by atoms with Crippen LogP contribution >= 0.6 is 0 Å². The summed E-state index contributed by atoms with van der Waals surface area (Å²) in [5, 5.41) is 0. The van der Waals surface area contributed by atoms with Crippen molar-refractivity contribution < 1.29 is 0 Å². The molecule has 0 spiro atoms. The maximum atomic E-state index is 5.69. The van der Waals surface area contributed by atoms with Crippen molar-refractivity contribution in [1.82, 2.24) is 4.90 Å². The summed E-state index contributed by atoms with van der Waals surface area (Å²) in [5.41, 5.74) is 5.69. The Kier molecular flexibility index (Phi) is 8.70. The molecule has 1 aliphatic heterocycles. The molecule has 0 amide bonds. The first kappa shape index (κ1) is 16.0. The zero-order chi connectivity index (χ0) is 13.2. The lowest BCUT2D eigenvalue weighted by Crippen LogP contribution is -2.22. The van der Waals surface area contributed by atoms with E-state index < -0.39 is 0 Å². The van der Waals surface area contributed by atoms with E-state index in [2.05, 4.69) is 18.7 Å². The molecule has 108 valence electrons. The summed E-state index contributed by atoms with van der Waals surface area (Å²) in [6, 6.07) is 0. The van der Waals surface area contributed by atoms with Crippen LogP contribution in [0.1, 0.15) is 65.2 Å². The zero-order valence-electron chi connectivity index (χ0n) is 12.7. The van der Waals surface area contributed by atoms with Crippen molar-refractivity contribution in [3.63, 3.8) is 0 Å². The predicted molar refractivity (Wildman–Crippen MR) is 80.8 cm³/mol. The van der Waals surface area contributed by atoms with Crippen molar-refractivity contribution in [2.45, 2.75) is 65.2 Å². The number of nitrogens with zero attached hydrogens (tertiary/aromatic N) is 1. The van der Waals surface area contributed by atoms with Gasteiger partial charge in [0.15, 0.2) is 0 Å². The van der Waals surface area contributed by atoms with E-state index in [1.807, 2.05) is 0 Å². The molecule has 2 unspecified atom stereocenters. The second kappa shape index (κ2) is 9.80. The lowest BCUT2D eigenvalue weighted by Gasteiger charge is -2.19. The molecule has 0 aromatic rings. The first-order valence-corrected chi connectivity index (χ1v) is 8.22. The zero-order valence-corrected chi connectivity index (χ0v) is 12.7. The third-order valence-electron chi connectivity index (χ3n) is 4.43. The van der Waals surface area contributed by atoms with E-state index in [4.69, 9.17) is 5.73 Å². The van der Waals surface area contributed by atoms with Crippen LogP contribution in [0.3, 0.4) is 0 Å². The molecule has 0 aromatic carbocycles. The highest BCUT2D eigenvalue weighted by Crippen LogP contribution is 2.22. The standard InChI is InChI=1S/C16H34N2/c1-3-6-15(9-11-17)8-5-12-18-13-10-16(14-18)7-4-2/h15-16H,3-14,17H2,1-2H3. The van der Waals surface area contributed by atoms with E-state index in [9.17, 15) is 0 Å². The first-order valence-electron chi connectivity index (χ1n) is 8.22. The number of nitrogens with two attached hydrogens (primary N) is 1. The largest absolute Gasteiger partial charge is 0.330 e. The Hall–Kier alpha value is -0.0800. The van der Waals surface area contributed by atoms with Crippen LogP contribution in [0, 0.1) is 11.8 Å². The fourth-order valence-electron chi connectivity index (χ4n) is 3.44. The van der Waals surface area contributed by atoms with Crippen LogP contribution in [0.4, 0.5) is 0 Å². The highest BCUT2D eigenvalue weighted by Gasteiger charge is 2.21. The van der Waals surface area contributed by atoms with Crippen molar-refractivity contribution >= 4 is 0 Å². The fourth-order valence-corrected chi connectivity index (χ4v) is 3.44. The molecule has 2 nitrogen and oxygen atoms in total. The summed E-state index contributed by atoms with van der Waals surface area (Å²) in [6.45, 7) is 9.51. The first-order chi connectivity index (χ1) is 8.80. The van der Waals surface area contributed by atoms with Gasteiger partial charge in [0.2, 0.25) is 0 Å². The third kappa shape index (κ3) is 6.19. The van der Waals surface area contributed by atoms with Gasteiger partial charge in [-0.2, -0.15) is 0 Å². The minimum atomic E-state index is 0.868. The Bertz CT molecular complexity index is 188. The Morgan fingerprint density at radius 3 is 2.67 bits per heavy atom. The maximum Gasteiger partial charge on any atom is 0.00101 e. The fraction of sp³-hybridized carbons (Fsp3) is 1.00. The molecule has 1 saturated heterocycles. The lowest BCUT2D eigenvalue weighted by atomic mass is 9.94. The highest BCUT2D eigenvalue weighted by atomic mass is 15.1. The van der Waals surface area contributed by atoms with E-state index in [-0.39, 0.29) is 0 Å². The van der Waals surface area contributed by atoms with Gasteiger partial charge in [-0.15, -0.1) is 0 Å². The van der Waals surface area contributed by atoms with E-state index in [0.29, 0.717) is 0 Å². The van der Waals surface area contributed by atoms with E-state index in [1.165, 1.54) is 71.0 Å². The van der Waals surface area contributed by atoms with Crippen molar-refractivity contribution in [3.8, 4) is 0 Å².